The lowest BCUT2D eigenvalue weighted by Crippen LogP contribution is -2.03. The van der Waals surface area contributed by atoms with Gasteiger partial charge in [0, 0.05) is 6.42 Å². The van der Waals surface area contributed by atoms with E-state index in [0.29, 0.717) is 23.0 Å². The number of esters is 1. The monoisotopic (exact) mass is 374 g/mol. The normalized spacial score (nSPS) is 10.7. The fraction of sp³-hybridized carbons (Fsp3) is 0.158. The third-order valence-corrected chi connectivity index (χ3v) is 4.46. The van der Waals surface area contributed by atoms with Crippen molar-refractivity contribution in [2.75, 3.05) is 7.11 Å². The number of rotatable bonds is 5. The Kier molecular flexibility index (Phi) is 5.41. The fourth-order valence-electron chi connectivity index (χ4n) is 2.63. The predicted octanol–water partition coefficient (Wildman–Crippen LogP) is 4.85. The third-order valence-electron chi connectivity index (χ3n) is 3.88. The fourth-order valence-corrected chi connectivity index (χ4v) is 3.11. The molecule has 0 saturated heterocycles. The van der Waals surface area contributed by atoms with Gasteiger partial charge in [0.25, 0.3) is 0 Å². The van der Waals surface area contributed by atoms with Gasteiger partial charge in [-0.25, -0.2) is 9.78 Å². The SMILES string of the molecule is COC(=O)c1ccccc1-c1ccc(Cc2nc(Cl)c(CCl)[nH]2)cc1. The van der Waals surface area contributed by atoms with E-state index in [1.54, 1.807) is 6.07 Å². The Labute approximate surface area is 155 Å². The molecular weight excluding hydrogens is 359 g/mol. The molecular formula is C19H16Cl2N2O2. The molecule has 0 aliphatic heterocycles. The quantitative estimate of drug-likeness (QED) is 0.513. The zero-order chi connectivity index (χ0) is 17.8. The number of halogens is 2. The number of carbonyl (C=O) groups excluding carboxylic acids is 1. The summed E-state index contributed by atoms with van der Waals surface area (Å²) in [5.41, 5.74) is 4.13. The summed E-state index contributed by atoms with van der Waals surface area (Å²) >= 11 is 11.8. The number of methoxy groups -OCH3 is 1. The summed E-state index contributed by atoms with van der Waals surface area (Å²) in [5, 5.41) is 0.411. The number of nitrogens with zero attached hydrogens (tertiary/aromatic N) is 1. The van der Waals surface area contributed by atoms with Crippen LogP contribution in [0.25, 0.3) is 11.1 Å². The smallest absolute Gasteiger partial charge is 0.338 e. The van der Waals surface area contributed by atoms with E-state index in [0.717, 1.165) is 28.2 Å². The number of carbonyl (C=O) groups is 1. The second kappa shape index (κ2) is 7.72. The number of hydrogen-bond donors (Lipinski definition) is 1. The number of H-pyrrole nitrogens is 1. The largest absolute Gasteiger partial charge is 0.465 e. The van der Waals surface area contributed by atoms with Gasteiger partial charge < -0.3 is 9.72 Å². The average molecular weight is 375 g/mol. The van der Waals surface area contributed by atoms with E-state index in [-0.39, 0.29) is 5.97 Å². The number of imidazole rings is 1. The molecule has 6 heteroatoms. The van der Waals surface area contributed by atoms with Crippen LogP contribution in [0.1, 0.15) is 27.4 Å². The highest BCUT2D eigenvalue weighted by atomic mass is 35.5. The Morgan fingerprint density at radius 3 is 2.52 bits per heavy atom. The topological polar surface area (TPSA) is 55.0 Å². The first-order valence-corrected chi connectivity index (χ1v) is 8.59. The van der Waals surface area contributed by atoms with Crippen LogP contribution in [0.3, 0.4) is 0 Å². The highest BCUT2D eigenvalue weighted by molar-refractivity contribution is 6.31. The van der Waals surface area contributed by atoms with Crippen LogP contribution in [0.2, 0.25) is 5.15 Å². The van der Waals surface area contributed by atoms with Crippen molar-refractivity contribution < 1.29 is 9.53 Å². The molecule has 1 aromatic heterocycles. The van der Waals surface area contributed by atoms with Crippen LogP contribution in [0.4, 0.5) is 0 Å². The van der Waals surface area contributed by atoms with Gasteiger partial charge >= 0.3 is 5.97 Å². The van der Waals surface area contributed by atoms with Crippen molar-refractivity contribution in [3.8, 4) is 11.1 Å². The van der Waals surface area contributed by atoms with E-state index in [1.807, 2.05) is 42.5 Å². The van der Waals surface area contributed by atoms with Gasteiger partial charge in [0.05, 0.1) is 24.2 Å². The molecule has 0 fully saturated rings. The minimum Gasteiger partial charge on any atom is -0.465 e. The van der Waals surface area contributed by atoms with E-state index >= 15 is 0 Å². The lowest BCUT2D eigenvalue weighted by Gasteiger charge is -2.08. The number of nitrogens with one attached hydrogen (secondary N) is 1. The number of aromatic amines is 1. The molecule has 0 aliphatic carbocycles. The Morgan fingerprint density at radius 2 is 1.88 bits per heavy atom. The maximum absolute atomic E-state index is 11.9. The van der Waals surface area contributed by atoms with E-state index in [4.69, 9.17) is 27.9 Å². The first-order chi connectivity index (χ1) is 12.1. The molecule has 0 aliphatic rings. The average Bonchev–Trinajstić information content (AvgIpc) is 3.01. The molecule has 1 N–H and O–H groups in total. The molecule has 0 radical (unpaired) electrons. The van der Waals surface area contributed by atoms with Crippen LogP contribution < -0.4 is 0 Å². The molecule has 128 valence electrons. The lowest BCUT2D eigenvalue weighted by molar-refractivity contribution is 0.0601. The minimum atomic E-state index is -0.349. The van der Waals surface area contributed by atoms with Gasteiger partial charge in [0.1, 0.15) is 5.82 Å². The maximum Gasteiger partial charge on any atom is 0.338 e. The van der Waals surface area contributed by atoms with Crippen LogP contribution in [0, 0.1) is 0 Å². The summed E-state index contributed by atoms with van der Waals surface area (Å²) in [5.74, 6) is 0.719. The van der Waals surface area contributed by atoms with Gasteiger partial charge in [-0.1, -0.05) is 54.1 Å². The molecule has 1 heterocycles. The standard InChI is InChI=1S/C19H16Cl2N2O2/c1-25-19(24)15-5-3-2-4-14(15)13-8-6-12(7-9-13)10-17-22-16(11-20)18(21)23-17/h2-9H,10-11H2,1H3,(H,22,23). The summed E-state index contributed by atoms with van der Waals surface area (Å²) in [6.45, 7) is 0. The van der Waals surface area contributed by atoms with Gasteiger partial charge in [-0.3, -0.25) is 0 Å². The first-order valence-electron chi connectivity index (χ1n) is 7.68. The molecule has 0 unspecified atom stereocenters. The molecule has 0 spiro atoms. The summed E-state index contributed by atoms with van der Waals surface area (Å²) < 4.78 is 4.85. The van der Waals surface area contributed by atoms with Crippen molar-refractivity contribution in [3.05, 3.63) is 76.3 Å². The van der Waals surface area contributed by atoms with E-state index < -0.39 is 0 Å². The zero-order valence-electron chi connectivity index (χ0n) is 13.6. The van der Waals surface area contributed by atoms with Crippen molar-refractivity contribution in [1.29, 1.82) is 0 Å². The molecule has 3 rings (SSSR count). The second-order valence-corrected chi connectivity index (χ2v) is 6.12. The van der Waals surface area contributed by atoms with Gasteiger partial charge in [0.15, 0.2) is 5.15 Å². The van der Waals surface area contributed by atoms with Crippen LogP contribution in [0.5, 0.6) is 0 Å². The second-order valence-electron chi connectivity index (χ2n) is 5.50. The molecule has 0 atom stereocenters. The van der Waals surface area contributed by atoms with Gasteiger partial charge in [-0.05, 0) is 22.8 Å². The Bertz CT molecular complexity index is 889. The van der Waals surface area contributed by atoms with Crippen molar-refractivity contribution >= 4 is 29.2 Å². The van der Waals surface area contributed by atoms with Gasteiger partial charge in [0.2, 0.25) is 0 Å². The molecule has 0 bridgehead atoms. The van der Waals surface area contributed by atoms with Crippen molar-refractivity contribution in [2.24, 2.45) is 0 Å². The number of alkyl halides is 1. The summed E-state index contributed by atoms with van der Waals surface area (Å²) in [6.07, 6.45) is 0.621. The zero-order valence-corrected chi connectivity index (χ0v) is 15.1. The molecule has 25 heavy (non-hydrogen) atoms. The molecule has 3 aromatic rings. The summed E-state index contributed by atoms with van der Waals surface area (Å²) in [7, 11) is 1.38. The Hall–Kier alpha value is -2.30. The summed E-state index contributed by atoms with van der Waals surface area (Å²) in [6, 6.07) is 15.3. The first kappa shape index (κ1) is 17.5. The lowest BCUT2D eigenvalue weighted by atomic mass is 9.98. The Morgan fingerprint density at radius 1 is 1.16 bits per heavy atom. The molecule has 0 amide bonds. The van der Waals surface area contributed by atoms with Crippen LogP contribution in [-0.4, -0.2) is 23.0 Å². The molecule has 2 aromatic carbocycles. The van der Waals surface area contributed by atoms with Crippen LogP contribution >= 0.6 is 23.2 Å². The number of ether oxygens (including phenoxy) is 1. The predicted molar refractivity (Wildman–Crippen MR) is 99.2 cm³/mol. The third kappa shape index (κ3) is 3.86. The van der Waals surface area contributed by atoms with Crippen molar-refractivity contribution in [2.45, 2.75) is 12.3 Å². The number of hydrogen-bond acceptors (Lipinski definition) is 3. The molecule has 0 saturated carbocycles. The van der Waals surface area contributed by atoms with Gasteiger partial charge in [-0.2, -0.15) is 0 Å². The highest BCUT2D eigenvalue weighted by Crippen LogP contribution is 2.25. The van der Waals surface area contributed by atoms with Crippen molar-refractivity contribution in [3.63, 3.8) is 0 Å². The van der Waals surface area contributed by atoms with Crippen LogP contribution in [-0.2, 0) is 17.0 Å². The van der Waals surface area contributed by atoms with Gasteiger partial charge in [-0.15, -0.1) is 11.6 Å². The van der Waals surface area contributed by atoms with E-state index in [9.17, 15) is 4.79 Å². The Balaban J connectivity index is 1.84. The highest BCUT2D eigenvalue weighted by Gasteiger charge is 2.13. The number of benzene rings is 2. The van der Waals surface area contributed by atoms with Crippen LogP contribution in [0.15, 0.2) is 48.5 Å². The number of aromatic nitrogens is 2. The minimum absolute atomic E-state index is 0.301. The maximum atomic E-state index is 11.9. The van der Waals surface area contributed by atoms with E-state index in [1.165, 1.54) is 7.11 Å². The summed E-state index contributed by atoms with van der Waals surface area (Å²) in [4.78, 5) is 19.3. The molecule has 4 nitrogen and oxygen atoms in total. The van der Waals surface area contributed by atoms with Crippen molar-refractivity contribution in [1.82, 2.24) is 9.97 Å². The van der Waals surface area contributed by atoms with E-state index in [2.05, 4.69) is 9.97 Å².